The zero-order chi connectivity index (χ0) is 20.1. The summed E-state index contributed by atoms with van der Waals surface area (Å²) in [6, 6.07) is 20.7. The lowest BCUT2D eigenvalue weighted by Crippen LogP contribution is -2.13. The number of benzene rings is 3. The van der Waals surface area contributed by atoms with Crippen LogP contribution in [-0.2, 0) is 4.79 Å². The molecular formula is C23H18ClNO3. The van der Waals surface area contributed by atoms with Gasteiger partial charge in [-0.2, -0.15) is 0 Å². The normalized spacial score (nSPS) is 10.8. The Bertz CT molecular complexity index is 1060. The Balaban J connectivity index is 1.80. The van der Waals surface area contributed by atoms with Crippen molar-refractivity contribution in [2.75, 3.05) is 5.32 Å². The molecule has 0 spiro atoms. The van der Waals surface area contributed by atoms with E-state index in [1.807, 2.05) is 54.6 Å². The second-order valence-corrected chi connectivity index (χ2v) is 6.70. The molecule has 0 aromatic heterocycles. The average Bonchev–Trinajstić information content (AvgIpc) is 2.69. The molecule has 1 amide bonds. The molecule has 0 aliphatic heterocycles. The zero-order valence-corrected chi connectivity index (χ0v) is 15.9. The number of carboxylic acids is 1. The largest absolute Gasteiger partial charge is 0.478 e. The van der Waals surface area contributed by atoms with Gasteiger partial charge in [-0.05, 0) is 53.5 Å². The Kier molecular flexibility index (Phi) is 5.92. The molecule has 0 saturated carbocycles. The monoisotopic (exact) mass is 391 g/mol. The van der Waals surface area contributed by atoms with E-state index in [-0.39, 0.29) is 11.3 Å². The van der Waals surface area contributed by atoms with Gasteiger partial charge in [0.2, 0.25) is 5.91 Å². The number of carbonyl (C=O) groups excluding carboxylic acids is 1. The summed E-state index contributed by atoms with van der Waals surface area (Å²) in [4.78, 5) is 23.8. The van der Waals surface area contributed by atoms with Crippen LogP contribution in [0.5, 0.6) is 0 Å². The minimum Gasteiger partial charge on any atom is -0.478 e. The molecule has 0 unspecified atom stereocenters. The third kappa shape index (κ3) is 4.67. The molecule has 0 radical (unpaired) electrons. The fraction of sp³-hybridized carbons (Fsp3) is 0.0435. The summed E-state index contributed by atoms with van der Waals surface area (Å²) >= 11 is 5.92. The first kappa shape index (κ1) is 19.4. The van der Waals surface area contributed by atoms with E-state index < -0.39 is 11.9 Å². The molecule has 0 heterocycles. The highest BCUT2D eigenvalue weighted by Crippen LogP contribution is 2.26. The number of aromatic carboxylic acids is 1. The molecule has 0 saturated heterocycles. The number of amides is 1. The molecule has 140 valence electrons. The van der Waals surface area contributed by atoms with Crippen LogP contribution in [0.1, 0.15) is 21.5 Å². The van der Waals surface area contributed by atoms with Crippen molar-refractivity contribution in [3.05, 3.63) is 94.5 Å². The van der Waals surface area contributed by atoms with E-state index in [0.717, 1.165) is 16.7 Å². The number of hydrogen-bond acceptors (Lipinski definition) is 2. The highest BCUT2D eigenvalue weighted by Gasteiger charge is 2.15. The number of anilines is 1. The van der Waals surface area contributed by atoms with E-state index in [9.17, 15) is 14.7 Å². The molecule has 0 fully saturated rings. The lowest BCUT2D eigenvalue weighted by molar-refractivity contribution is -0.111. The Labute approximate surface area is 168 Å². The van der Waals surface area contributed by atoms with Crippen LogP contribution in [0.25, 0.3) is 17.2 Å². The topological polar surface area (TPSA) is 66.4 Å². The highest BCUT2D eigenvalue weighted by molar-refractivity contribution is 6.31. The maximum absolute atomic E-state index is 12.3. The van der Waals surface area contributed by atoms with Gasteiger partial charge in [0.15, 0.2) is 0 Å². The smallest absolute Gasteiger partial charge is 0.337 e. The summed E-state index contributed by atoms with van der Waals surface area (Å²) < 4.78 is 0. The lowest BCUT2D eigenvalue weighted by atomic mass is 10.0. The van der Waals surface area contributed by atoms with Crippen molar-refractivity contribution in [3.63, 3.8) is 0 Å². The third-order valence-corrected chi connectivity index (χ3v) is 4.42. The number of carboxylic acid groups (broad SMARTS) is 1. The fourth-order valence-corrected chi connectivity index (χ4v) is 3.14. The maximum atomic E-state index is 12.3. The van der Waals surface area contributed by atoms with Gasteiger partial charge < -0.3 is 10.4 Å². The molecule has 28 heavy (non-hydrogen) atoms. The van der Waals surface area contributed by atoms with Gasteiger partial charge >= 0.3 is 5.97 Å². The minimum atomic E-state index is -1.15. The Morgan fingerprint density at radius 2 is 1.68 bits per heavy atom. The van der Waals surface area contributed by atoms with Gasteiger partial charge in [0.1, 0.15) is 0 Å². The van der Waals surface area contributed by atoms with Crippen molar-refractivity contribution in [1.29, 1.82) is 0 Å². The summed E-state index contributed by atoms with van der Waals surface area (Å²) in [6.07, 6.45) is 3.07. The molecule has 3 aromatic rings. The predicted octanol–water partition coefficient (Wildman–Crippen LogP) is 5.67. The van der Waals surface area contributed by atoms with E-state index in [1.165, 1.54) is 12.1 Å². The number of halogens is 1. The van der Waals surface area contributed by atoms with Crippen molar-refractivity contribution in [2.24, 2.45) is 0 Å². The number of aryl methyl sites for hydroxylation is 1. The summed E-state index contributed by atoms with van der Waals surface area (Å²) in [5.74, 6) is -1.57. The van der Waals surface area contributed by atoms with Gasteiger partial charge in [0.05, 0.1) is 11.3 Å². The van der Waals surface area contributed by atoms with E-state index in [2.05, 4.69) is 5.32 Å². The Morgan fingerprint density at radius 3 is 2.39 bits per heavy atom. The molecule has 0 aliphatic rings. The SMILES string of the molecule is Cc1cc(Cl)cc(C(=O)O)c1NC(=O)/C=C/c1cccc(-c2ccccc2)c1. The van der Waals surface area contributed by atoms with Crippen LogP contribution in [0, 0.1) is 6.92 Å². The van der Waals surface area contributed by atoms with E-state index >= 15 is 0 Å². The van der Waals surface area contributed by atoms with E-state index in [1.54, 1.807) is 19.1 Å². The first-order valence-electron chi connectivity index (χ1n) is 8.62. The van der Waals surface area contributed by atoms with Gasteiger partial charge in [-0.1, -0.05) is 60.1 Å². The van der Waals surface area contributed by atoms with E-state index in [4.69, 9.17) is 11.6 Å². The van der Waals surface area contributed by atoms with Gasteiger partial charge in [0, 0.05) is 11.1 Å². The van der Waals surface area contributed by atoms with Gasteiger partial charge in [-0.25, -0.2) is 4.79 Å². The first-order valence-corrected chi connectivity index (χ1v) is 9.00. The summed E-state index contributed by atoms with van der Waals surface area (Å²) in [7, 11) is 0. The third-order valence-electron chi connectivity index (χ3n) is 4.20. The lowest BCUT2D eigenvalue weighted by Gasteiger charge is -2.11. The van der Waals surface area contributed by atoms with Gasteiger partial charge in [-0.15, -0.1) is 0 Å². The molecule has 5 heteroatoms. The van der Waals surface area contributed by atoms with Crippen LogP contribution in [-0.4, -0.2) is 17.0 Å². The number of rotatable bonds is 5. The second kappa shape index (κ2) is 8.55. The Hall–Kier alpha value is -3.37. The first-order chi connectivity index (χ1) is 13.4. The number of nitrogens with one attached hydrogen (secondary N) is 1. The van der Waals surface area contributed by atoms with Crippen molar-refractivity contribution in [2.45, 2.75) is 6.92 Å². The number of carbonyl (C=O) groups is 2. The van der Waals surface area contributed by atoms with Crippen molar-refractivity contribution in [1.82, 2.24) is 0 Å². The van der Waals surface area contributed by atoms with Gasteiger partial charge in [-0.3, -0.25) is 4.79 Å². The van der Waals surface area contributed by atoms with Crippen molar-refractivity contribution < 1.29 is 14.7 Å². The quantitative estimate of drug-likeness (QED) is 0.551. The molecular weight excluding hydrogens is 374 g/mol. The summed E-state index contributed by atoms with van der Waals surface area (Å²) in [5, 5.41) is 12.3. The summed E-state index contributed by atoms with van der Waals surface area (Å²) in [5.41, 5.74) is 3.78. The van der Waals surface area contributed by atoms with Crippen LogP contribution >= 0.6 is 11.6 Å². The molecule has 4 nitrogen and oxygen atoms in total. The zero-order valence-electron chi connectivity index (χ0n) is 15.1. The van der Waals surface area contributed by atoms with E-state index in [0.29, 0.717) is 10.6 Å². The highest BCUT2D eigenvalue weighted by atomic mass is 35.5. The fourth-order valence-electron chi connectivity index (χ4n) is 2.87. The van der Waals surface area contributed by atoms with Crippen LogP contribution < -0.4 is 5.32 Å². The van der Waals surface area contributed by atoms with Crippen LogP contribution in [0.15, 0.2) is 72.8 Å². The molecule has 0 bridgehead atoms. The van der Waals surface area contributed by atoms with Crippen molar-refractivity contribution >= 4 is 35.2 Å². The molecule has 2 N–H and O–H groups in total. The van der Waals surface area contributed by atoms with Gasteiger partial charge in [0.25, 0.3) is 0 Å². The molecule has 3 aromatic carbocycles. The van der Waals surface area contributed by atoms with Crippen LogP contribution in [0.3, 0.4) is 0 Å². The average molecular weight is 392 g/mol. The van der Waals surface area contributed by atoms with Crippen LogP contribution in [0.2, 0.25) is 5.02 Å². The Morgan fingerprint density at radius 1 is 0.964 bits per heavy atom. The molecule has 0 aliphatic carbocycles. The minimum absolute atomic E-state index is 0.0437. The second-order valence-electron chi connectivity index (χ2n) is 6.26. The molecule has 0 atom stereocenters. The molecule has 3 rings (SSSR count). The maximum Gasteiger partial charge on any atom is 0.337 e. The predicted molar refractivity (Wildman–Crippen MR) is 113 cm³/mol. The van der Waals surface area contributed by atoms with Crippen molar-refractivity contribution in [3.8, 4) is 11.1 Å². The number of hydrogen-bond donors (Lipinski definition) is 2. The summed E-state index contributed by atoms with van der Waals surface area (Å²) in [6.45, 7) is 1.70. The standard InChI is InChI=1S/C23H18ClNO3/c1-15-12-19(24)14-20(23(27)28)22(15)25-21(26)11-10-16-6-5-9-18(13-16)17-7-3-2-4-8-17/h2-14H,1H3,(H,25,26)(H,27,28)/b11-10+. The van der Waals surface area contributed by atoms with Crippen LogP contribution in [0.4, 0.5) is 5.69 Å².